The molecule has 3 heterocycles. The molecule has 1 unspecified atom stereocenters. The molecule has 2 atom stereocenters. The van der Waals surface area contributed by atoms with E-state index in [1.165, 1.54) is 13.0 Å². The number of hydrogen-bond acceptors (Lipinski definition) is 7. The lowest BCUT2D eigenvalue weighted by atomic mass is 9.76. The largest absolute Gasteiger partial charge is 0.363 e. The monoisotopic (exact) mass is 512 g/mol. The first kappa shape index (κ1) is 25.5. The standard InChI is InChI=1S/C29H29FN6O2/c1-17(23-7-5-6-21(14-31)25(23)30)32-27-24-15-36(22-10-8-20(9-11-22)18(2)37)28(38)29(12-13-35(4)16-29)26(24)33-19(3)34-27/h5-11,17H,12-13,15-16H2,1-4H3,(H,32,33,34)/t17-,29?/m1/s1. The summed E-state index contributed by atoms with van der Waals surface area (Å²) in [5.41, 5.74) is 2.24. The second-order valence-electron chi connectivity index (χ2n) is 10.2. The Balaban J connectivity index is 1.61. The summed E-state index contributed by atoms with van der Waals surface area (Å²) in [6, 6.07) is 13.2. The van der Waals surface area contributed by atoms with Gasteiger partial charge in [0.25, 0.3) is 0 Å². The summed E-state index contributed by atoms with van der Waals surface area (Å²) in [4.78, 5) is 39.3. The van der Waals surface area contributed by atoms with Crippen molar-refractivity contribution in [2.45, 2.75) is 45.2 Å². The Hall–Kier alpha value is -4.16. The lowest BCUT2D eigenvalue weighted by molar-refractivity contribution is -0.124. The van der Waals surface area contributed by atoms with E-state index in [1.807, 2.05) is 20.0 Å². The number of aryl methyl sites for hydroxylation is 1. The lowest BCUT2D eigenvalue weighted by Gasteiger charge is -2.41. The fraction of sp³-hybridized carbons (Fsp3) is 0.345. The fourth-order valence-corrected chi connectivity index (χ4v) is 5.56. The van der Waals surface area contributed by atoms with Crippen molar-refractivity contribution in [3.63, 3.8) is 0 Å². The van der Waals surface area contributed by atoms with Crippen LogP contribution in [0.4, 0.5) is 15.9 Å². The molecule has 0 saturated carbocycles. The molecule has 2 aliphatic rings. The molecule has 1 spiro atoms. The smallest absolute Gasteiger partial charge is 0.240 e. The van der Waals surface area contributed by atoms with Crippen molar-refractivity contribution in [2.24, 2.45) is 0 Å². The van der Waals surface area contributed by atoms with Gasteiger partial charge < -0.3 is 15.1 Å². The zero-order chi connectivity index (χ0) is 27.2. The van der Waals surface area contributed by atoms with Crippen molar-refractivity contribution in [2.75, 3.05) is 30.4 Å². The Bertz CT molecular complexity index is 1480. The SMILES string of the molecule is CC(=O)c1ccc(N2Cc3c(N[C@H](C)c4cccc(C#N)c4F)nc(C)nc3C3(CCN(C)C3)C2=O)cc1. The van der Waals surface area contributed by atoms with Gasteiger partial charge in [-0.15, -0.1) is 0 Å². The molecule has 2 aromatic carbocycles. The second kappa shape index (κ2) is 9.62. The Morgan fingerprint density at radius 1 is 1.21 bits per heavy atom. The third kappa shape index (κ3) is 4.21. The van der Waals surface area contributed by atoms with Crippen LogP contribution in [0, 0.1) is 24.1 Å². The quantitative estimate of drug-likeness (QED) is 0.509. The van der Waals surface area contributed by atoms with Gasteiger partial charge in [-0.1, -0.05) is 12.1 Å². The van der Waals surface area contributed by atoms with Crippen LogP contribution in [-0.2, 0) is 16.8 Å². The predicted molar refractivity (Wildman–Crippen MR) is 141 cm³/mol. The van der Waals surface area contributed by atoms with Crippen LogP contribution in [0.15, 0.2) is 42.5 Å². The van der Waals surface area contributed by atoms with E-state index in [0.717, 1.165) is 12.1 Å². The zero-order valence-corrected chi connectivity index (χ0v) is 21.9. The highest BCUT2D eigenvalue weighted by molar-refractivity contribution is 6.04. The highest BCUT2D eigenvalue weighted by Gasteiger charge is 2.53. The number of hydrogen-bond donors (Lipinski definition) is 1. The van der Waals surface area contributed by atoms with Gasteiger partial charge in [-0.3, -0.25) is 9.59 Å². The van der Waals surface area contributed by atoms with E-state index < -0.39 is 17.3 Å². The highest BCUT2D eigenvalue weighted by Crippen LogP contribution is 2.44. The van der Waals surface area contributed by atoms with Gasteiger partial charge in [0.15, 0.2) is 5.78 Å². The molecular formula is C29H29FN6O2. The molecule has 3 aromatic rings. The van der Waals surface area contributed by atoms with Crippen molar-refractivity contribution >= 4 is 23.2 Å². The molecule has 1 N–H and O–H groups in total. The Labute approximate surface area is 221 Å². The number of nitrogens with zero attached hydrogens (tertiary/aromatic N) is 5. The van der Waals surface area contributed by atoms with Crippen LogP contribution < -0.4 is 10.2 Å². The number of likely N-dealkylation sites (N-methyl/N-ethyl adjacent to an activating group) is 1. The number of halogens is 1. The fourth-order valence-electron chi connectivity index (χ4n) is 5.56. The topological polar surface area (TPSA) is 102 Å². The number of rotatable bonds is 5. The summed E-state index contributed by atoms with van der Waals surface area (Å²) in [5.74, 6) is 0.415. The van der Waals surface area contributed by atoms with Crippen LogP contribution in [0.2, 0.25) is 0 Å². The van der Waals surface area contributed by atoms with E-state index in [2.05, 4.69) is 15.2 Å². The normalized spacial score (nSPS) is 19.8. The van der Waals surface area contributed by atoms with Crippen LogP contribution in [0.1, 0.15) is 64.9 Å². The number of benzene rings is 2. The predicted octanol–water partition coefficient (Wildman–Crippen LogP) is 4.29. The van der Waals surface area contributed by atoms with Crippen LogP contribution in [0.3, 0.4) is 0 Å². The molecule has 1 fully saturated rings. The maximum Gasteiger partial charge on any atom is 0.240 e. The number of anilines is 2. The van der Waals surface area contributed by atoms with Gasteiger partial charge in [0, 0.05) is 28.9 Å². The van der Waals surface area contributed by atoms with Crippen molar-refractivity contribution in [3.05, 3.63) is 82.1 Å². The van der Waals surface area contributed by atoms with E-state index in [4.69, 9.17) is 4.98 Å². The molecular weight excluding hydrogens is 483 g/mol. The second-order valence-corrected chi connectivity index (χ2v) is 10.2. The summed E-state index contributed by atoms with van der Waals surface area (Å²) in [7, 11) is 1.99. The number of Topliss-reactive ketones (excluding diaryl/α,β-unsaturated/α-hetero) is 1. The number of likely N-dealkylation sites (tertiary alicyclic amines) is 1. The molecule has 1 amide bonds. The van der Waals surface area contributed by atoms with Crippen LogP contribution in [-0.4, -0.2) is 46.7 Å². The summed E-state index contributed by atoms with van der Waals surface area (Å²) >= 11 is 0. The molecule has 2 aliphatic heterocycles. The number of ketones is 1. The van der Waals surface area contributed by atoms with Gasteiger partial charge in [-0.2, -0.15) is 5.26 Å². The number of aromatic nitrogens is 2. The third-order valence-corrected chi connectivity index (χ3v) is 7.56. The van der Waals surface area contributed by atoms with E-state index in [1.54, 1.807) is 48.2 Å². The van der Waals surface area contributed by atoms with E-state index in [-0.39, 0.29) is 23.8 Å². The summed E-state index contributed by atoms with van der Waals surface area (Å²) in [6.07, 6.45) is 0.613. The number of nitrogens with one attached hydrogen (secondary N) is 1. The minimum atomic E-state index is -0.846. The van der Waals surface area contributed by atoms with Crippen molar-refractivity contribution in [1.82, 2.24) is 14.9 Å². The molecule has 38 heavy (non-hydrogen) atoms. The van der Waals surface area contributed by atoms with Gasteiger partial charge in [-0.05, 0) is 71.1 Å². The average molecular weight is 513 g/mol. The van der Waals surface area contributed by atoms with E-state index >= 15 is 0 Å². The minimum Gasteiger partial charge on any atom is -0.363 e. The molecule has 0 aliphatic carbocycles. The summed E-state index contributed by atoms with van der Waals surface area (Å²) in [5, 5.41) is 12.6. The van der Waals surface area contributed by atoms with Crippen molar-refractivity contribution in [3.8, 4) is 6.07 Å². The molecule has 8 nitrogen and oxygen atoms in total. The Morgan fingerprint density at radius 3 is 2.58 bits per heavy atom. The van der Waals surface area contributed by atoms with Gasteiger partial charge in [0.05, 0.1) is 23.8 Å². The Kier molecular flexibility index (Phi) is 6.45. The van der Waals surface area contributed by atoms with Crippen molar-refractivity contribution in [1.29, 1.82) is 5.26 Å². The average Bonchev–Trinajstić information content (AvgIpc) is 3.29. The molecule has 1 saturated heterocycles. The number of carbonyl (C=O) groups excluding carboxylic acids is 2. The summed E-state index contributed by atoms with van der Waals surface area (Å²) < 4.78 is 15.0. The molecule has 5 rings (SSSR count). The first-order valence-corrected chi connectivity index (χ1v) is 12.6. The highest BCUT2D eigenvalue weighted by atomic mass is 19.1. The maximum absolute atomic E-state index is 15.0. The lowest BCUT2D eigenvalue weighted by Crippen LogP contribution is -2.53. The van der Waals surface area contributed by atoms with E-state index in [9.17, 15) is 19.2 Å². The van der Waals surface area contributed by atoms with Gasteiger partial charge >= 0.3 is 0 Å². The maximum atomic E-state index is 15.0. The van der Waals surface area contributed by atoms with Crippen LogP contribution in [0.5, 0.6) is 0 Å². The zero-order valence-electron chi connectivity index (χ0n) is 21.9. The molecule has 194 valence electrons. The number of carbonyl (C=O) groups is 2. The first-order valence-electron chi connectivity index (χ1n) is 12.6. The van der Waals surface area contributed by atoms with Gasteiger partial charge in [0.2, 0.25) is 5.91 Å². The third-order valence-electron chi connectivity index (χ3n) is 7.56. The number of nitriles is 1. The summed E-state index contributed by atoms with van der Waals surface area (Å²) in [6.45, 7) is 6.61. The van der Waals surface area contributed by atoms with Crippen molar-refractivity contribution < 1.29 is 14.0 Å². The number of fused-ring (bicyclic) bond motifs is 2. The first-order chi connectivity index (χ1) is 18.1. The molecule has 9 heteroatoms. The van der Waals surface area contributed by atoms with Gasteiger partial charge in [0.1, 0.15) is 28.9 Å². The molecule has 0 bridgehead atoms. The molecule has 0 radical (unpaired) electrons. The van der Waals surface area contributed by atoms with Crippen LogP contribution >= 0.6 is 0 Å². The minimum absolute atomic E-state index is 0.0178. The molecule has 1 aromatic heterocycles. The van der Waals surface area contributed by atoms with E-state index in [0.29, 0.717) is 47.1 Å². The van der Waals surface area contributed by atoms with Gasteiger partial charge in [-0.25, -0.2) is 14.4 Å². The van der Waals surface area contributed by atoms with Crippen LogP contribution in [0.25, 0.3) is 0 Å². The number of amides is 1. The Morgan fingerprint density at radius 2 is 1.95 bits per heavy atom.